The van der Waals surface area contributed by atoms with Crippen LogP contribution < -0.4 is 0 Å². The van der Waals surface area contributed by atoms with Crippen LogP contribution in [0.15, 0.2) is 42.6 Å². The molecule has 5 nitrogen and oxygen atoms in total. The Morgan fingerprint density at radius 1 is 1.14 bits per heavy atom. The van der Waals surface area contributed by atoms with E-state index >= 15 is 0 Å². The second-order valence-corrected chi connectivity index (χ2v) is 5.17. The predicted molar refractivity (Wildman–Crippen MR) is 80.5 cm³/mol. The highest BCUT2D eigenvalue weighted by Crippen LogP contribution is 2.19. The molecule has 1 aromatic carbocycles. The van der Waals surface area contributed by atoms with Gasteiger partial charge in [-0.25, -0.2) is 4.79 Å². The Hall–Kier alpha value is -2.69. The van der Waals surface area contributed by atoms with Gasteiger partial charge in [0.15, 0.2) is 0 Å². The van der Waals surface area contributed by atoms with Crippen molar-refractivity contribution in [2.45, 2.75) is 13.0 Å². The van der Waals surface area contributed by atoms with E-state index in [-0.39, 0.29) is 5.91 Å². The van der Waals surface area contributed by atoms with Gasteiger partial charge in [0, 0.05) is 19.3 Å². The maximum absolute atomic E-state index is 12.5. The number of nitrogens with zero attached hydrogens (tertiary/aromatic N) is 2. The van der Waals surface area contributed by atoms with Crippen LogP contribution in [0.5, 0.6) is 0 Å². The molecule has 2 heterocycles. The van der Waals surface area contributed by atoms with Crippen molar-refractivity contribution in [1.82, 2.24) is 9.88 Å². The van der Waals surface area contributed by atoms with Gasteiger partial charge in [-0.15, -0.1) is 0 Å². The van der Waals surface area contributed by atoms with Crippen LogP contribution in [0.3, 0.4) is 0 Å². The summed E-state index contributed by atoms with van der Waals surface area (Å²) in [5.74, 6) is -0.579. The highest BCUT2D eigenvalue weighted by atomic mass is 16.5. The molecule has 5 heteroatoms. The highest BCUT2D eigenvalue weighted by Gasteiger charge is 2.22. The minimum atomic E-state index is -0.460. The van der Waals surface area contributed by atoms with Crippen LogP contribution in [0, 0.1) is 0 Å². The van der Waals surface area contributed by atoms with Gasteiger partial charge >= 0.3 is 5.97 Å². The number of amides is 1. The monoisotopic (exact) mass is 296 g/mol. The maximum atomic E-state index is 12.5. The van der Waals surface area contributed by atoms with Gasteiger partial charge in [-0.2, -0.15) is 0 Å². The Balaban J connectivity index is 1.76. The SMILES string of the molecule is COC(=O)c1ccc(C(=O)N2CCc3ccccc3C2)nc1. The number of ether oxygens (including phenoxy) is 1. The number of carbonyl (C=O) groups excluding carboxylic acids is 2. The van der Waals surface area contributed by atoms with Gasteiger partial charge in [0.1, 0.15) is 5.69 Å². The van der Waals surface area contributed by atoms with Crippen LogP contribution in [0.4, 0.5) is 0 Å². The van der Waals surface area contributed by atoms with Crippen LogP contribution in [0.1, 0.15) is 32.0 Å². The smallest absolute Gasteiger partial charge is 0.339 e. The standard InChI is InChI=1S/C17H16N2O3/c1-22-17(21)13-6-7-15(18-10-13)16(20)19-9-8-12-4-2-3-5-14(12)11-19/h2-7,10H,8-9,11H2,1H3. The van der Waals surface area contributed by atoms with E-state index in [4.69, 9.17) is 0 Å². The Bertz CT molecular complexity index is 710. The van der Waals surface area contributed by atoms with Crippen molar-refractivity contribution >= 4 is 11.9 Å². The number of hydrogen-bond acceptors (Lipinski definition) is 4. The first-order valence-electron chi connectivity index (χ1n) is 7.09. The molecule has 0 saturated heterocycles. The van der Waals surface area contributed by atoms with Gasteiger partial charge < -0.3 is 9.64 Å². The molecule has 0 atom stereocenters. The summed E-state index contributed by atoms with van der Waals surface area (Å²) in [4.78, 5) is 29.8. The fourth-order valence-corrected chi connectivity index (χ4v) is 2.59. The molecule has 1 aromatic heterocycles. The highest BCUT2D eigenvalue weighted by molar-refractivity contribution is 5.94. The van der Waals surface area contributed by atoms with Crippen molar-refractivity contribution in [3.05, 3.63) is 65.0 Å². The molecule has 0 N–H and O–H groups in total. The lowest BCUT2D eigenvalue weighted by Crippen LogP contribution is -2.36. The van der Waals surface area contributed by atoms with Crippen LogP contribution >= 0.6 is 0 Å². The molecule has 0 radical (unpaired) electrons. The maximum Gasteiger partial charge on any atom is 0.339 e. The molecule has 0 saturated carbocycles. The average molecular weight is 296 g/mol. The lowest BCUT2D eigenvalue weighted by molar-refractivity contribution is 0.0598. The zero-order valence-corrected chi connectivity index (χ0v) is 12.3. The molecule has 1 aliphatic heterocycles. The summed E-state index contributed by atoms with van der Waals surface area (Å²) in [6.07, 6.45) is 2.22. The minimum Gasteiger partial charge on any atom is -0.465 e. The van der Waals surface area contributed by atoms with E-state index in [1.54, 1.807) is 17.0 Å². The summed E-state index contributed by atoms with van der Waals surface area (Å²) in [6.45, 7) is 1.27. The third-order valence-corrected chi connectivity index (χ3v) is 3.82. The molecule has 3 rings (SSSR count). The lowest BCUT2D eigenvalue weighted by atomic mass is 10.00. The summed E-state index contributed by atoms with van der Waals surface area (Å²) >= 11 is 0. The molecule has 0 fully saturated rings. The number of hydrogen-bond donors (Lipinski definition) is 0. The van der Waals surface area contributed by atoms with Crippen molar-refractivity contribution in [2.75, 3.05) is 13.7 Å². The largest absolute Gasteiger partial charge is 0.465 e. The fraction of sp³-hybridized carbons (Fsp3) is 0.235. The summed E-state index contributed by atoms with van der Waals surface area (Å²) in [5, 5.41) is 0. The molecule has 0 unspecified atom stereocenters. The number of methoxy groups -OCH3 is 1. The number of benzene rings is 1. The summed E-state index contributed by atoms with van der Waals surface area (Å²) in [5.41, 5.74) is 3.14. The number of carbonyl (C=O) groups is 2. The van der Waals surface area contributed by atoms with Gasteiger partial charge in [-0.05, 0) is 29.7 Å². The third kappa shape index (κ3) is 2.70. The predicted octanol–water partition coefficient (Wildman–Crippen LogP) is 2.07. The Kier molecular flexibility index (Phi) is 3.87. The molecule has 1 aliphatic rings. The Morgan fingerprint density at radius 3 is 2.59 bits per heavy atom. The van der Waals surface area contributed by atoms with Crippen molar-refractivity contribution in [2.24, 2.45) is 0 Å². The molecular weight excluding hydrogens is 280 g/mol. The zero-order valence-electron chi connectivity index (χ0n) is 12.3. The zero-order chi connectivity index (χ0) is 15.5. The number of pyridine rings is 1. The third-order valence-electron chi connectivity index (χ3n) is 3.82. The van der Waals surface area contributed by atoms with E-state index in [9.17, 15) is 9.59 Å². The van der Waals surface area contributed by atoms with Crippen molar-refractivity contribution < 1.29 is 14.3 Å². The number of rotatable bonds is 2. The first-order valence-corrected chi connectivity index (χ1v) is 7.09. The van der Waals surface area contributed by atoms with Gasteiger partial charge in [0.25, 0.3) is 5.91 Å². The molecule has 1 amide bonds. The van der Waals surface area contributed by atoms with Crippen molar-refractivity contribution in [3.63, 3.8) is 0 Å². The second kappa shape index (κ2) is 5.97. The van der Waals surface area contributed by atoms with E-state index in [0.717, 1.165) is 6.42 Å². The molecule has 2 aromatic rings. The minimum absolute atomic E-state index is 0.120. The number of aromatic nitrogens is 1. The van der Waals surface area contributed by atoms with Crippen LogP contribution in [-0.2, 0) is 17.7 Å². The molecule has 112 valence electrons. The van der Waals surface area contributed by atoms with E-state index < -0.39 is 5.97 Å². The van der Waals surface area contributed by atoms with E-state index in [2.05, 4.69) is 15.8 Å². The molecule has 0 bridgehead atoms. The average Bonchev–Trinajstić information content (AvgIpc) is 2.60. The second-order valence-electron chi connectivity index (χ2n) is 5.17. The summed E-state index contributed by atoms with van der Waals surface area (Å²) in [7, 11) is 1.31. The summed E-state index contributed by atoms with van der Waals surface area (Å²) in [6, 6.07) is 11.3. The van der Waals surface area contributed by atoms with Crippen molar-refractivity contribution in [1.29, 1.82) is 0 Å². The van der Waals surface area contributed by atoms with Gasteiger partial charge in [-0.1, -0.05) is 24.3 Å². The van der Waals surface area contributed by atoms with E-state index in [1.165, 1.54) is 24.4 Å². The molecule has 0 spiro atoms. The topological polar surface area (TPSA) is 59.5 Å². The first-order chi connectivity index (χ1) is 10.7. The Morgan fingerprint density at radius 2 is 1.91 bits per heavy atom. The first kappa shape index (κ1) is 14.3. The van der Waals surface area contributed by atoms with Gasteiger partial charge in [-0.3, -0.25) is 9.78 Å². The molecule has 22 heavy (non-hydrogen) atoms. The fourth-order valence-electron chi connectivity index (χ4n) is 2.59. The molecule has 0 aliphatic carbocycles. The van der Waals surface area contributed by atoms with Gasteiger partial charge in [0.2, 0.25) is 0 Å². The normalized spacial score (nSPS) is 13.4. The summed E-state index contributed by atoms with van der Waals surface area (Å²) < 4.78 is 4.62. The lowest BCUT2D eigenvalue weighted by Gasteiger charge is -2.28. The van der Waals surface area contributed by atoms with Crippen molar-refractivity contribution in [3.8, 4) is 0 Å². The van der Waals surface area contributed by atoms with Crippen LogP contribution in [0.25, 0.3) is 0 Å². The van der Waals surface area contributed by atoms with E-state index in [0.29, 0.717) is 24.3 Å². The van der Waals surface area contributed by atoms with E-state index in [1.807, 2.05) is 18.2 Å². The van der Waals surface area contributed by atoms with Crippen LogP contribution in [-0.4, -0.2) is 35.4 Å². The van der Waals surface area contributed by atoms with Gasteiger partial charge in [0.05, 0.1) is 12.7 Å². The Labute approximate surface area is 128 Å². The number of esters is 1. The quantitative estimate of drug-likeness (QED) is 0.796. The number of fused-ring (bicyclic) bond motifs is 1. The molecular formula is C17H16N2O3. The van der Waals surface area contributed by atoms with Crippen LogP contribution in [0.2, 0.25) is 0 Å².